The van der Waals surface area contributed by atoms with Crippen molar-refractivity contribution in [3.8, 4) is 0 Å². The zero-order chi connectivity index (χ0) is 28.5. The monoisotopic (exact) mass is 535 g/mol. The summed E-state index contributed by atoms with van der Waals surface area (Å²) in [5.41, 5.74) is 0.0739. The Hall–Kier alpha value is -4.08. The third-order valence-electron chi connectivity index (χ3n) is 7.00. The molecule has 1 atom stereocenters. The fraction of sp³-hybridized carbons (Fsp3) is 0.414. The van der Waals surface area contributed by atoms with Crippen LogP contribution in [0.1, 0.15) is 63.7 Å². The number of hydrazine groups is 1. The summed E-state index contributed by atoms with van der Waals surface area (Å²) in [5, 5.41) is 14.0. The first kappa shape index (κ1) is 27.9. The van der Waals surface area contributed by atoms with E-state index in [4.69, 9.17) is 4.42 Å². The largest absolute Gasteiger partial charge is 0.417 e. The molecule has 1 N–H and O–H groups in total. The number of Topliss-reactive ketones (excluding diaryl/α,β-unsaturated/α-hetero) is 1. The first-order valence-corrected chi connectivity index (χ1v) is 12.9. The lowest BCUT2D eigenvalue weighted by molar-refractivity contribution is -0.138. The van der Waals surface area contributed by atoms with Crippen molar-refractivity contribution >= 4 is 23.3 Å². The Morgan fingerprint density at radius 1 is 1.08 bits per heavy atom. The Morgan fingerprint density at radius 2 is 1.72 bits per heavy atom. The van der Waals surface area contributed by atoms with Gasteiger partial charge in [-0.3, -0.25) is 19.4 Å². The maximum Gasteiger partial charge on any atom is 0.286 e. The summed E-state index contributed by atoms with van der Waals surface area (Å²) in [6.45, 7) is 11.1. The molecule has 206 valence electrons. The number of halogens is 1. The molecule has 2 amide bonds. The Bertz CT molecular complexity index is 1350. The number of rotatable bonds is 9. The number of carbonyl (C=O) groups excluding carboxylic acids is 3. The Balaban J connectivity index is 1.50. The number of hydrogen-bond donors (Lipinski definition) is 1. The van der Waals surface area contributed by atoms with E-state index in [-0.39, 0.29) is 36.0 Å². The van der Waals surface area contributed by atoms with Crippen LogP contribution in [0.15, 0.2) is 59.0 Å². The SMILES string of the molecule is CC(C)[C@@H](NC(=O)CN1C(=O)C(C)(C)CN1c1ccccc1)C(=O)c1nnc(C(C)(C)c2ccc(F)cc2)o1. The smallest absolute Gasteiger partial charge is 0.286 e. The lowest BCUT2D eigenvalue weighted by Crippen LogP contribution is -2.51. The Kier molecular flexibility index (Phi) is 7.59. The minimum atomic E-state index is -0.948. The Morgan fingerprint density at radius 3 is 2.33 bits per heavy atom. The third kappa shape index (κ3) is 5.69. The molecule has 3 aromatic rings. The van der Waals surface area contributed by atoms with Crippen molar-refractivity contribution in [2.75, 3.05) is 18.1 Å². The van der Waals surface area contributed by atoms with Gasteiger partial charge < -0.3 is 9.73 Å². The topological polar surface area (TPSA) is 109 Å². The van der Waals surface area contributed by atoms with Gasteiger partial charge in [-0.15, -0.1) is 10.2 Å². The quantitative estimate of drug-likeness (QED) is 0.410. The Labute approximate surface area is 227 Å². The molecular weight excluding hydrogens is 501 g/mol. The van der Waals surface area contributed by atoms with E-state index in [9.17, 15) is 18.8 Å². The molecule has 0 aliphatic carbocycles. The molecule has 0 bridgehead atoms. The molecule has 2 heterocycles. The molecule has 10 heteroatoms. The van der Waals surface area contributed by atoms with E-state index >= 15 is 0 Å². The number of para-hydroxylation sites is 1. The minimum absolute atomic E-state index is 0.182. The number of hydrogen-bond acceptors (Lipinski definition) is 7. The van der Waals surface area contributed by atoms with Crippen LogP contribution >= 0.6 is 0 Å². The van der Waals surface area contributed by atoms with E-state index in [0.717, 1.165) is 11.3 Å². The molecule has 1 aliphatic heterocycles. The van der Waals surface area contributed by atoms with Crippen molar-refractivity contribution in [2.45, 2.75) is 53.0 Å². The minimum Gasteiger partial charge on any atom is -0.417 e. The van der Waals surface area contributed by atoms with Gasteiger partial charge in [-0.2, -0.15) is 0 Å². The second-order valence-corrected chi connectivity index (χ2v) is 11.3. The van der Waals surface area contributed by atoms with Gasteiger partial charge in [0.1, 0.15) is 12.4 Å². The predicted octanol–water partition coefficient (Wildman–Crippen LogP) is 4.15. The highest BCUT2D eigenvalue weighted by atomic mass is 19.1. The van der Waals surface area contributed by atoms with E-state index in [0.29, 0.717) is 6.54 Å². The molecule has 0 saturated carbocycles. The fourth-order valence-electron chi connectivity index (χ4n) is 4.56. The number of ketones is 1. The maximum absolute atomic E-state index is 13.4. The van der Waals surface area contributed by atoms with Gasteiger partial charge in [-0.1, -0.05) is 44.2 Å². The van der Waals surface area contributed by atoms with Crippen LogP contribution < -0.4 is 10.3 Å². The lowest BCUT2D eigenvalue weighted by Gasteiger charge is -2.30. The summed E-state index contributed by atoms with van der Waals surface area (Å²) >= 11 is 0. The van der Waals surface area contributed by atoms with Crippen LogP contribution in [0.5, 0.6) is 0 Å². The van der Waals surface area contributed by atoms with Gasteiger partial charge in [0.05, 0.1) is 29.1 Å². The zero-order valence-corrected chi connectivity index (χ0v) is 23.1. The molecule has 39 heavy (non-hydrogen) atoms. The van der Waals surface area contributed by atoms with Crippen molar-refractivity contribution in [3.63, 3.8) is 0 Å². The highest BCUT2D eigenvalue weighted by Crippen LogP contribution is 2.33. The number of amides is 2. The number of nitrogens with zero attached hydrogens (tertiary/aromatic N) is 4. The van der Waals surface area contributed by atoms with Crippen LogP contribution in [0.4, 0.5) is 10.1 Å². The van der Waals surface area contributed by atoms with E-state index in [1.807, 2.05) is 58.0 Å². The average molecular weight is 536 g/mol. The highest BCUT2D eigenvalue weighted by molar-refractivity contribution is 5.99. The van der Waals surface area contributed by atoms with Gasteiger partial charge in [0.2, 0.25) is 23.5 Å². The number of nitrogens with one attached hydrogen (secondary N) is 1. The average Bonchev–Trinajstić information content (AvgIpc) is 3.48. The van der Waals surface area contributed by atoms with Crippen molar-refractivity contribution in [1.29, 1.82) is 0 Å². The molecule has 2 aromatic carbocycles. The molecule has 1 aliphatic rings. The lowest BCUT2D eigenvalue weighted by atomic mass is 9.84. The van der Waals surface area contributed by atoms with Gasteiger partial charge in [-0.05, 0) is 63.4 Å². The summed E-state index contributed by atoms with van der Waals surface area (Å²) in [5.74, 6) is -1.90. The third-order valence-corrected chi connectivity index (χ3v) is 7.00. The maximum atomic E-state index is 13.4. The van der Waals surface area contributed by atoms with E-state index < -0.39 is 28.6 Å². The molecule has 1 fully saturated rings. The van der Waals surface area contributed by atoms with E-state index in [1.165, 1.54) is 17.1 Å². The number of aromatic nitrogens is 2. The predicted molar refractivity (Wildman–Crippen MR) is 143 cm³/mol. The van der Waals surface area contributed by atoms with Gasteiger partial charge in [0.25, 0.3) is 5.89 Å². The zero-order valence-electron chi connectivity index (χ0n) is 23.1. The second kappa shape index (κ2) is 10.6. The first-order chi connectivity index (χ1) is 18.3. The highest BCUT2D eigenvalue weighted by Gasteiger charge is 2.45. The molecule has 1 aromatic heterocycles. The summed E-state index contributed by atoms with van der Waals surface area (Å²) in [4.78, 5) is 39.7. The van der Waals surface area contributed by atoms with Crippen LogP contribution in [0.25, 0.3) is 0 Å². The standard InChI is InChI=1S/C29H34FN5O4/c1-18(2)23(24(37)25-32-33-26(39-25)29(5,6)19-12-14-20(30)15-13-19)31-22(36)16-34-27(38)28(3,4)17-35(34)21-10-8-7-9-11-21/h7-15,18,23H,16-17H2,1-6H3,(H,31,36)/t23-/m1/s1. The van der Waals surface area contributed by atoms with Crippen LogP contribution in [-0.4, -0.2) is 51.9 Å². The normalized spacial score (nSPS) is 16.1. The second-order valence-electron chi connectivity index (χ2n) is 11.3. The number of benzene rings is 2. The molecule has 0 unspecified atom stereocenters. The van der Waals surface area contributed by atoms with Crippen molar-refractivity contribution in [3.05, 3.63) is 77.8 Å². The van der Waals surface area contributed by atoms with Crippen LogP contribution in [0.2, 0.25) is 0 Å². The molecule has 4 rings (SSSR count). The number of anilines is 1. The fourth-order valence-corrected chi connectivity index (χ4v) is 4.56. The van der Waals surface area contributed by atoms with Crippen molar-refractivity contribution in [1.82, 2.24) is 20.5 Å². The molecule has 9 nitrogen and oxygen atoms in total. The summed E-state index contributed by atoms with van der Waals surface area (Å²) in [7, 11) is 0. The first-order valence-electron chi connectivity index (χ1n) is 12.9. The van der Waals surface area contributed by atoms with Gasteiger partial charge in [-0.25, -0.2) is 9.40 Å². The van der Waals surface area contributed by atoms with Crippen molar-refractivity contribution in [2.24, 2.45) is 11.3 Å². The summed E-state index contributed by atoms with van der Waals surface area (Å²) < 4.78 is 19.2. The van der Waals surface area contributed by atoms with Crippen LogP contribution in [0, 0.1) is 17.2 Å². The molecule has 0 spiro atoms. The summed E-state index contributed by atoms with van der Waals surface area (Å²) in [6, 6.07) is 14.3. The molecule has 0 radical (unpaired) electrons. The number of carbonyl (C=O) groups is 3. The van der Waals surface area contributed by atoms with Gasteiger partial charge in [0.15, 0.2) is 0 Å². The van der Waals surface area contributed by atoms with E-state index in [2.05, 4.69) is 15.5 Å². The van der Waals surface area contributed by atoms with E-state index in [1.54, 1.807) is 31.0 Å². The van der Waals surface area contributed by atoms with Crippen LogP contribution in [-0.2, 0) is 15.0 Å². The van der Waals surface area contributed by atoms with Crippen LogP contribution in [0.3, 0.4) is 0 Å². The summed E-state index contributed by atoms with van der Waals surface area (Å²) in [6.07, 6.45) is 0. The molecule has 1 saturated heterocycles. The van der Waals surface area contributed by atoms with Crippen molar-refractivity contribution < 1.29 is 23.2 Å². The van der Waals surface area contributed by atoms with Gasteiger partial charge >= 0.3 is 0 Å². The van der Waals surface area contributed by atoms with Gasteiger partial charge in [0, 0.05) is 0 Å². The molecular formula is C29H34FN5O4.